The monoisotopic (exact) mass is 289 g/mol. The number of rotatable bonds is 5. The van der Waals surface area contributed by atoms with Crippen LogP contribution in [0.3, 0.4) is 0 Å². The largest absolute Gasteiger partial charge is 0.502 e. The van der Waals surface area contributed by atoms with Crippen molar-refractivity contribution in [3.8, 4) is 5.75 Å². The Kier molecular flexibility index (Phi) is 4.07. The van der Waals surface area contributed by atoms with Crippen molar-refractivity contribution in [3.63, 3.8) is 0 Å². The first-order valence-electron chi connectivity index (χ1n) is 4.94. The molecule has 19 heavy (non-hydrogen) atoms. The van der Waals surface area contributed by atoms with E-state index >= 15 is 0 Å². The summed E-state index contributed by atoms with van der Waals surface area (Å²) >= 11 is 0. The summed E-state index contributed by atoms with van der Waals surface area (Å²) in [4.78, 5) is 20.0. The zero-order chi connectivity index (χ0) is 14.8. The average molecular weight is 289 g/mol. The molecule has 1 atom stereocenters. The molecular weight excluding hydrogens is 278 g/mol. The summed E-state index contributed by atoms with van der Waals surface area (Å²) in [7, 11) is -4.14. The Morgan fingerprint density at radius 2 is 2.11 bits per heavy atom. The summed E-state index contributed by atoms with van der Waals surface area (Å²) in [6, 6.07) is 1.36. The molecule has 104 valence electrons. The highest BCUT2D eigenvalue weighted by atomic mass is 32.2. The van der Waals surface area contributed by atoms with Gasteiger partial charge in [0, 0.05) is 6.07 Å². The Balaban J connectivity index is 3.19. The maximum atomic E-state index is 11.8. The molecular formula is C9H11N3O6S. The number of carbonyl (C=O) groups is 1. The normalized spacial score (nSPS) is 12.9. The molecule has 1 aromatic carbocycles. The number of amides is 1. The van der Waals surface area contributed by atoms with Gasteiger partial charge in [-0.25, -0.2) is 8.42 Å². The summed E-state index contributed by atoms with van der Waals surface area (Å²) in [6.45, 7) is 1.23. The predicted molar refractivity (Wildman–Crippen MR) is 63.7 cm³/mol. The minimum absolute atomic E-state index is 0.454. The van der Waals surface area contributed by atoms with E-state index in [9.17, 15) is 28.4 Å². The van der Waals surface area contributed by atoms with Gasteiger partial charge in [-0.15, -0.1) is 0 Å². The van der Waals surface area contributed by atoms with Crippen LogP contribution in [0.5, 0.6) is 5.75 Å². The molecule has 0 spiro atoms. The van der Waals surface area contributed by atoms with Crippen molar-refractivity contribution in [2.45, 2.75) is 17.9 Å². The molecule has 0 fully saturated rings. The molecule has 0 radical (unpaired) electrons. The number of nitro benzene ring substituents is 1. The number of primary amides is 1. The number of aromatic hydroxyl groups is 1. The average Bonchev–Trinajstić information content (AvgIpc) is 2.27. The molecule has 0 saturated carbocycles. The lowest BCUT2D eigenvalue weighted by Gasteiger charge is -2.10. The third-order valence-corrected chi connectivity index (χ3v) is 3.75. The van der Waals surface area contributed by atoms with Crippen LogP contribution in [0.1, 0.15) is 6.92 Å². The number of nitrogens with two attached hydrogens (primary N) is 1. The molecule has 4 N–H and O–H groups in total. The molecule has 0 bridgehead atoms. The van der Waals surface area contributed by atoms with E-state index in [4.69, 9.17) is 5.73 Å². The third kappa shape index (κ3) is 3.39. The van der Waals surface area contributed by atoms with Crippen molar-refractivity contribution < 1.29 is 23.2 Å². The minimum atomic E-state index is -4.14. The number of sulfonamides is 1. The van der Waals surface area contributed by atoms with Crippen LogP contribution in [0.2, 0.25) is 0 Å². The summed E-state index contributed by atoms with van der Waals surface area (Å²) in [5.41, 5.74) is 4.15. The Hall–Kier alpha value is -2.20. The summed E-state index contributed by atoms with van der Waals surface area (Å²) in [6.07, 6.45) is 0. The summed E-state index contributed by atoms with van der Waals surface area (Å²) in [5, 5.41) is 19.8. The highest BCUT2D eigenvalue weighted by molar-refractivity contribution is 7.89. The topological polar surface area (TPSA) is 153 Å². The molecule has 1 amide bonds. The van der Waals surface area contributed by atoms with Crippen molar-refractivity contribution in [1.29, 1.82) is 0 Å². The highest BCUT2D eigenvalue weighted by Gasteiger charge is 2.24. The van der Waals surface area contributed by atoms with E-state index < -0.39 is 43.2 Å². The van der Waals surface area contributed by atoms with Crippen LogP contribution < -0.4 is 10.5 Å². The number of nitrogens with zero attached hydrogens (tertiary/aromatic N) is 1. The zero-order valence-corrected chi connectivity index (χ0v) is 10.5. The summed E-state index contributed by atoms with van der Waals surface area (Å²) in [5.74, 6) is -1.55. The third-order valence-electron chi connectivity index (χ3n) is 2.21. The number of carbonyl (C=O) groups excluding carboxylic acids is 1. The van der Waals surface area contributed by atoms with E-state index in [1.807, 2.05) is 4.72 Å². The number of benzene rings is 1. The lowest BCUT2D eigenvalue weighted by Crippen LogP contribution is -2.42. The smallest absolute Gasteiger partial charge is 0.312 e. The van der Waals surface area contributed by atoms with E-state index in [2.05, 4.69) is 0 Å². The molecule has 0 aliphatic rings. The quantitative estimate of drug-likeness (QED) is 0.488. The van der Waals surface area contributed by atoms with Crippen LogP contribution in [-0.4, -0.2) is 30.4 Å². The first-order chi connectivity index (χ1) is 8.65. The predicted octanol–water partition coefficient (Wildman–Crippen LogP) is -0.548. The van der Waals surface area contributed by atoms with Crippen LogP contribution in [0.4, 0.5) is 5.69 Å². The van der Waals surface area contributed by atoms with Crippen molar-refractivity contribution in [3.05, 3.63) is 28.3 Å². The molecule has 0 aliphatic heterocycles. The number of hydrogen-bond acceptors (Lipinski definition) is 6. The molecule has 9 nitrogen and oxygen atoms in total. The van der Waals surface area contributed by atoms with E-state index in [1.54, 1.807) is 0 Å². The van der Waals surface area contributed by atoms with Crippen molar-refractivity contribution in [2.24, 2.45) is 5.73 Å². The number of nitrogens with one attached hydrogen (secondary N) is 1. The highest BCUT2D eigenvalue weighted by Crippen LogP contribution is 2.28. The van der Waals surface area contributed by atoms with Crippen molar-refractivity contribution in [2.75, 3.05) is 0 Å². The fraction of sp³-hybridized carbons (Fsp3) is 0.222. The van der Waals surface area contributed by atoms with Crippen LogP contribution in [0, 0.1) is 10.1 Å². The fourth-order valence-corrected chi connectivity index (χ4v) is 2.41. The van der Waals surface area contributed by atoms with Crippen molar-refractivity contribution in [1.82, 2.24) is 4.72 Å². The van der Waals surface area contributed by atoms with Gasteiger partial charge in [0.25, 0.3) is 0 Å². The number of phenols is 1. The molecule has 0 aliphatic carbocycles. The van der Waals surface area contributed by atoms with Gasteiger partial charge in [-0.1, -0.05) is 0 Å². The first-order valence-corrected chi connectivity index (χ1v) is 6.42. The molecule has 10 heteroatoms. The summed E-state index contributed by atoms with van der Waals surface area (Å²) < 4.78 is 25.6. The molecule has 1 unspecified atom stereocenters. The maximum absolute atomic E-state index is 11.8. The van der Waals surface area contributed by atoms with Gasteiger partial charge in [0.1, 0.15) is 0 Å². The second-order valence-electron chi connectivity index (χ2n) is 3.65. The van der Waals surface area contributed by atoms with Gasteiger partial charge in [0.2, 0.25) is 15.9 Å². The molecule has 1 rings (SSSR count). The lowest BCUT2D eigenvalue weighted by atomic mass is 10.3. The lowest BCUT2D eigenvalue weighted by molar-refractivity contribution is -0.386. The van der Waals surface area contributed by atoms with Gasteiger partial charge in [-0.3, -0.25) is 14.9 Å². The molecule has 0 aromatic heterocycles. The van der Waals surface area contributed by atoms with E-state index in [0.717, 1.165) is 12.1 Å². The van der Waals surface area contributed by atoms with Crippen LogP contribution >= 0.6 is 0 Å². The molecule has 0 heterocycles. The van der Waals surface area contributed by atoms with E-state index in [0.29, 0.717) is 6.07 Å². The Bertz CT molecular complexity index is 627. The van der Waals surface area contributed by atoms with Gasteiger partial charge in [-0.05, 0) is 19.1 Å². The molecule has 0 saturated heterocycles. The second kappa shape index (κ2) is 5.20. The second-order valence-corrected chi connectivity index (χ2v) is 5.37. The zero-order valence-electron chi connectivity index (χ0n) is 9.73. The first kappa shape index (κ1) is 14.9. The van der Waals surface area contributed by atoms with Crippen LogP contribution in [-0.2, 0) is 14.8 Å². The van der Waals surface area contributed by atoms with Gasteiger partial charge < -0.3 is 10.8 Å². The Labute approximate surface area is 108 Å². The van der Waals surface area contributed by atoms with E-state index in [-0.39, 0.29) is 0 Å². The number of phenolic OH excluding ortho intramolecular Hbond substituents is 1. The minimum Gasteiger partial charge on any atom is -0.502 e. The Morgan fingerprint density at radius 1 is 1.53 bits per heavy atom. The van der Waals surface area contributed by atoms with Gasteiger partial charge in [0.15, 0.2) is 5.75 Å². The number of hydrogen-bond donors (Lipinski definition) is 3. The Morgan fingerprint density at radius 3 is 2.58 bits per heavy atom. The van der Waals surface area contributed by atoms with Gasteiger partial charge in [0.05, 0.1) is 15.9 Å². The van der Waals surface area contributed by atoms with Crippen LogP contribution in [0.15, 0.2) is 23.1 Å². The molecule has 1 aromatic rings. The van der Waals surface area contributed by atoms with Crippen LogP contribution in [0.25, 0.3) is 0 Å². The van der Waals surface area contributed by atoms with E-state index in [1.165, 1.54) is 6.92 Å². The SMILES string of the molecule is CC(NS(=O)(=O)c1ccc(O)c([N+](=O)[O-])c1)C(N)=O. The maximum Gasteiger partial charge on any atom is 0.312 e. The fourth-order valence-electron chi connectivity index (χ4n) is 1.18. The van der Waals surface area contributed by atoms with Gasteiger partial charge in [-0.2, -0.15) is 4.72 Å². The van der Waals surface area contributed by atoms with Gasteiger partial charge >= 0.3 is 5.69 Å². The van der Waals surface area contributed by atoms with Crippen molar-refractivity contribution >= 4 is 21.6 Å². The standard InChI is InChI=1S/C9H11N3O6S/c1-5(9(10)14)11-19(17,18)6-2-3-8(13)7(4-6)12(15)16/h2-5,11,13H,1H3,(H2,10,14). The number of nitro groups is 1.